The third-order valence-corrected chi connectivity index (χ3v) is 2.60. The van der Waals surface area contributed by atoms with Crippen LogP contribution in [0.15, 0.2) is 29.3 Å². The first kappa shape index (κ1) is 15.0. The van der Waals surface area contributed by atoms with E-state index in [0.717, 1.165) is 11.3 Å². The van der Waals surface area contributed by atoms with Crippen molar-refractivity contribution in [1.82, 2.24) is 5.32 Å². The zero-order valence-corrected chi connectivity index (χ0v) is 12.6. The highest BCUT2D eigenvalue weighted by Crippen LogP contribution is 2.31. The average Bonchev–Trinajstić information content (AvgIpc) is 2.73. The highest BCUT2D eigenvalue weighted by molar-refractivity contribution is 14.0. The fourth-order valence-corrected chi connectivity index (χ4v) is 1.76. The van der Waals surface area contributed by atoms with Crippen molar-refractivity contribution in [1.29, 1.82) is 0 Å². The first-order chi connectivity index (χ1) is 8.31. The number of methoxy groups -OCH3 is 1. The van der Waals surface area contributed by atoms with E-state index in [9.17, 15) is 0 Å². The molecule has 0 fully saturated rings. The fraction of sp³-hybridized carbons (Fsp3) is 0.417. The molecule has 1 aliphatic rings. The normalized spacial score (nSPS) is 17.6. The van der Waals surface area contributed by atoms with Gasteiger partial charge in [0.15, 0.2) is 5.96 Å². The van der Waals surface area contributed by atoms with E-state index in [1.54, 1.807) is 7.11 Å². The third-order valence-electron chi connectivity index (χ3n) is 2.60. The van der Waals surface area contributed by atoms with Crippen LogP contribution in [0.4, 0.5) is 0 Å². The average molecular weight is 363 g/mol. The van der Waals surface area contributed by atoms with Crippen LogP contribution in [0.2, 0.25) is 0 Å². The molecule has 0 spiro atoms. The van der Waals surface area contributed by atoms with Gasteiger partial charge < -0.3 is 20.5 Å². The van der Waals surface area contributed by atoms with Gasteiger partial charge in [0.25, 0.3) is 0 Å². The lowest BCUT2D eigenvalue weighted by atomic mass is 10.1. The molecule has 1 aromatic carbocycles. The number of hydrogen-bond acceptors (Lipinski definition) is 3. The number of nitrogens with one attached hydrogen (secondary N) is 1. The maximum absolute atomic E-state index is 5.78. The molecule has 1 atom stereocenters. The van der Waals surface area contributed by atoms with Gasteiger partial charge in [-0.3, -0.25) is 4.99 Å². The van der Waals surface area contributed by atoms with Crippen LogP contribution >= 0.6 is 24.0 Å². The van der Waals surface area contributed by atoms with Gasteiger partial charge in [-0.25, -0.2) is 0 Å². The number of halogens is 1. The molecule has 1 heterocycles. The summed E-state index contributed by atoms with van der Waals surface area (Å²) in [6.45, 7) is 1.71. The molecular formula is C12H18IN3O2. The van der Waals surface area contributed by atoms with Gasteiger partial charge in [-0.1, -0.05) is 18.2 Å². The molecule has 0 radical (unpaired) electrons. The summed E-state index contributed by atoms with van der Waals surface area (Å²) in [4.78, 5) is 4.15. The quantitative estimate of drug-likeness (QED) is 0.366. The third kappa shape index (κ3) is 3.74. The molecule has 0 saturated carbocycles. The molecule has 0 aliphatic carbocycles. The van der Waals surface area contributed by atoms with Crippen LogP contribution in [0, 0.1) is 0 Å². The predicted octanol–water partition coefficient (Wildman–Crippen LogP) is 1.29. The second kappa shape index (κ2) is 7.42. The molecule has 0 bridgehead atoms. The Morgan fingerprint density at radius 1 is 1.56 bits per heavy atom. The minimum Gasteiger partial charge on any atom is -0.491 e. The van der Waals surface area contributed by atoms with Gasteiger partial charge >= 0.3 is 0 Å². The van der Waals surface area contributed by atoms with Crippen LogP contribution in [0.25, 0.3) is 0 Å². The molecule has 2 rings (SSSR count). The molecule has 3 N–H and O–H groups in total. The van der Waals surface area contributed by atoms with Crippen molar-refractivity contribution in [3.63, 3.8) is 0 Å². The van der Waals surface area contributed by atoms with Crippen LogP contribution in [0.1, 0.15) is 11.6 Å². The highest BCUT2D eigenvalue weighted by atomic mass is 127. The second-order valence-electron chi connectivity index (χ2n) is 3.81. The van der Waals surface area contributed by atoms with E-state index in [2.05, 4.69) is 10.3 Å². The summed E-state index contributed by atoms with van der Waals surface area (Å²) < 4.78 is 10.4. The van der Waals surface area contributed by atoms with E-state index in [0.29, 0.717) is 25.7 Å². The van der Waals surface area contributed by atoms with E-state index in [1.165, 1.54) is 0 Å². The lowest BCUT2D eigenvalue weighted by Gasteiger charge is -2.12. The molecule has 1 unspecified atom stereocenters. The largest absolute Gasteiger partial charge is 0.491 e. The summed E-state index contributed by atoms with van der Waals surface area (Å²) in [6.07, 6.45) is 0. The van der Waals surface area contributed by atoms with Gasteiger partial charge in [-0.05, 0) is 6.07 Å². The van der Waals surface area contributed by atoms with E-state index in [-0.39, 0.29) is 30.0 Å². The van der Waals surface area contributed by atoms with Gasteiger partial charge in [0.05, 0.1) is 19.2 Å². The summed E-state index contributed by atoms with van der Waals surface area (Å²) in [5, 5.41) is 3.14. The Morgan fingerprint density at radius 2 is 2.33 bits per heavy atom. The van der Waals surface area contributed by atoms with Crippen LogP contribution in [0.5, 0.6) is 5.75 Å². The van der Waals surface area contributed by atoms with Crippen molar-refractivity contribution in [2.24, 2.45) is 10.7 Å². The number of guanidine groups is 1. The maximum Gasteiger partial charge on any atom is 0.189 e. The van der Waals surface area contributed by atoms with Crippen LogP contribution < -0.4 is 15.8 Å². The molecule has 0 aromatic heterocycles. The van der Waals surface area contributed by atoms with Crippen LogP contribution in [0.3, 0.4) is 0 Å². The van der Waals surface area contributed by atoms with E-state index in [1.807, 2.05) is 24.3 Å². The Balaban J connectivity index is 0.00000162. The summed E-state index contributed by atoms with van der Waals surface area (Å²) in [5.74, 6) is 1.34. The SMILES string of the molecule is COCCN=C(N)NC1COc2ccccc21.I. The topological polar surface area (TPSA) is 68.9 Å². The molecular weight excluding hydrogens is 345 g/mol. The van der Waals surface area contributed by atoms with E-state index in [4.69, 9.17) is 15.2 Å². The highest BCUT2D eigenvalue weighted by Gasteiger charge is 2.23. The first-order valence-electron chi connectivity index (χ1n) is 5.58. The van der Waals surface area contributed by atoms with Gasteiger partial charge in [0.2, 0.25) is 0 Å². The number of ether oxygens (including phenoxy) is 2. The number of fused-ring (bicyclic) bond motifs is 1. The predicted molar refractivity (Wildman–Crippen MR) is 81.6 cm³/mol. The smallest absolute Gasteiger partial charge is 0.189 e. The minimum absolute atomic E-state index is 0. The number of rotatable bonds is 4. The molecule has 18 heavy (non-hydrogen) atoms. The molecule has 1 aromatic rings. The Hall–Kier alpha value is -1.02. The molecule has 0 amide bonds. The van der Waals surface area contributed by atoms with Crippen molar-refractivity contribution in [3.8, 4) is 5.75 Å². The van der Waals surface area contributed by atoms with Crippen molar-refractivity contribution in [3.05, 3.63) is 29.8 Å². The number of benzene rings is 1. The Bertz CT molecular complexity index is 412. The number of nitrogens with two attached hydrogens (primary N) is 1. The number of hydrogen-bond donors (Lipinski definition) is 2. The Kier molecular flexibility index (Phi) is 6.20. The zero-order chi connectivity index (χ0) is 12.1. The lowest BCUT2D eigenvalue weighted by Crippen LogP contribution is -2.36. The number of para-hydroxylation sites is 1. The van der Waals surface area contributed by atoms with Crippen molar-refractivity contribution in [2.75, 3.05) is 26.9 Å². The van der Waals surface area contributed by atoms with Crippen molar-refractivity contribution >= 4 is 29.9 Å². The Labute approximate surface area is 124 Å². The molecule has 6 heteroatoms. The van der Waals surface area contributed by atoms with Gasteiger partial charge in [0, 0.05) is 12.7 Å². The number of aliphatic imine (C=N–C) groups is 1. The molecule has 1 aliphatic heterocycles. The molecule has 0 saturated heterocycles. The fourth-order valence-electron chi connectivity index (χ4n) is 1.76. The monoisotopic (exact) mass is 363 g/mol. The van der Waals surface area contributed by atoms with E-state index < -0.39 is 0 Å². The minimum atomic E-state index is 0. The molecule has 5 nitrogen and oxygen atoms in total. The summed E-state index contributed by atoms with van der Waals surface area (Å²) >= 11 is 0. The second-order valence-corrected chi connectivity index (χ2v) is 3.81. The lowest BCUT2D eigenvalue weighted by molar-refractivity contribution is 0.208. The standard InChI is InChI=1S/C12H17N3O2.HI/c1-16-7-6-14-12(13)15-10-8-17-11-5-3-2-4-9(10)11;/h2-5,10H,6-8H2,1H3,(H3,13,14,15);1H. The Morgan fingerprint density at radius 3 is 3.11 bits per heavy atom. The van der Waals surface area contributed by atoms with Crippen molar-refractivity contribution in [2.45, 2.75) is 6.04 Å². The summed E-state index contributed by atoms with van der Waals surface area (Å²) in [7, 11) is 1.64. The first-order valence-corrected chi connectivity index (χ1v) is 5.58. The van der Waals surface area contributed by atoms with Crippen LogP contribution in [-0.2, 0) is 4.74 Å². The zero-order valence-electron chi connectivity index (χ0n) is 10.3. The van der Waals surface area contributed by atoms with Crippen molar-refractivity contribution < 1.29 is 9.47 Å². The maximum atomic E-state index is 5.78. The van der Waals surface area contributed by atoms with Gasteiger partial charge in [-0.15, -0.1) is 24.0 Å². The molecule has 100 valence electrons. The van der Waals surface area contributed by atoms with Gasteiger partial charge in [0.1, 0.15) is 12.4 Å². The van der Waals surface area contributed by atoms with Gasteiger partial charge in [-0.2, -0.15) is 0 Å². The number of nitrogens with zero attached hydrogens (tertiary/aromatic N) is 1. The van der Waals surface area contributed by atoms with Crippen LogP contribution in [-0.4, -0.2) is 32.8 Å². The summed E-state index contributed by atoms with van der Waals surface area (Å²) in [5.41, 5.74) is 6.90. The van der Waals surface area contributed by atoms with E-state index >= 15 is 0 Å². The summed E-state index contributed by atoms with van der Waals surface area (Å²) in [6, 6.07) is 8.01.